The molecule has 3 rings (SSSR count). The number of nitrogens with zero attached hydrogens (tertiary/aromatic N) is 2. The number of carbonyl (C=O) groups excluding carboxylic acids is 1. The van der Waals surface area contributed by atoms with Crippen molar-refractivity contribution in [3.63, 3.8) is 0 Å². The van der Waals surface area contributed by atoms with Crippen molar-refractivity contribution in [1.29, 1.82) is 0 Å². The largest absolute Gasteiger partial charge is 0.399 e. The lowest BCUT2D eigenvalue weighted by atomic mass is 9.94. The molecule has 0 bridgehead atoms. The van der Waals surface area contributed by atoms with E-state index in [1.54, 1.807) is 6.07 Å². The average molecular weight is 345 g/mol. The number of morpholine rings is 1. The zero-order valence-corrected chi connectivity index (χ0v) is 15.7. The topological polar surface area (TPSA) is 58.8 Å². The molecular formula is C20H31N3O2. The molecule has 1 aromatic rings. The smallest absolute Gasteiger partial charge is 0.254 e. The Bertz CT molecular complexity index is 601. The van der Waals surface area contributed by atoms with E-state index in [-0.39, 0.29) is 5.91 Å². The van der Waals surface area contributed by atoms with Gasteiger partial charge >= 0.3 is 0 Å². The van der Waals surface area contributed by atoms with E-state index in [2.05, 4.69) is 18.7 Å². The fraction of sp³-hybridized carbons (Fsp3) is 0.650. The molecule has 0 aliphatic carbocycles. The van der Waals surface area contributed by atoms with E-state index in [0.717, 1.165) is 56.7 Å². The summed E-state index contributed by atoms with van der Waals surface area (Å²) >= 11 is 0. The van der Waals surface area contributed by atoms with Crippen molar-refractivity contribution in [2.45, 2.75) is 45.8 Å². The van der Waals surface area contributed by atoms with Gasteiger partial charge in [-0.1, -0.05) is 6.07 Å². The number of aryl methyl sites for hydroxylation is 1. The summed E-state index contributed by atoms with van der Waals surface area (Å²) in [5.41, 5.74) is 8.25. The van der Waals surface area contributed by atoms with Crippen molar-refractivity contribution in [3.05, 3.63) is 29.3 Å². The van der Waals surface area contributed by atoms with E-state index < -0.39 is 0 Å². The molecule has 2 atom stereocenters. The number of ether oxygens (including phenoxy) is 1. The number of nitrogen functional groups attached to an aromatic ring is 1. The molecule has 2 saturated heterocycles. The summed E-state index contributed by atoms with van der Waals surface area (Å²) in [7, 11) is 0. The molecule has 1 aromatic carbocycles. The zero-order chi connectivity index (χ0) is 18.0. The maximum atomic E-state index is 12.8. The normalized spacial score (nSPS) is 26.0. The molecule has 5 nitrogen and oxygen atoms in total. The third-order valence-corrected chi connectivity index (χ3v) is 5.41. The Hall–Kier alpha value is -1.59. The minimum absolute atomic E-state index is 0.122. The summed E-state index contributed by atoms with van der Waals surface area (Å²) in [5, 5.41) is 0. The van der Waals surface area contributed by atoms with Gasteiger partial charge in [-0.25, -0.2) is 0 Å². The average Bonchev–Trinajstić information content (AvgIpc) is 2.56. The molecule has 0 radical (unpaired) electrons. The van der Waals surface area contributed by atoms with Crippen LogP contribution in [-0.2, 0) is 4.74 Å². The molecule has 1 amide bonds. The molecule has 2 heterocycles. The summed E-state index contributed by atoms with van der Waals surface area (Å²) in [4.78, 5) is 17.3. The monoisotopic (exact) mass is 345 g/mol. The van der Waals surface area contributed by atoms with Crippen LogP contribution in [0.1, 0.15) is 42.6 Å². The van der Waals surface area contributed by atoms with E-state index in [0.29, 0.717) is 23.8 Å². The molecule has 2 fully saturated rings. The number of anilines is 1. The number of likely N-dealkylation sites (tertiary alicyclic amines) is 1. The molecule has 25 heavy (non-hydrogen) atoms. The Morgan fingerprint density at radius 2 is 1.84 bits per heavy atom. The first kappa shape index (κ1) is 18.2. The first-order valence-corrected chi connectivity index (χ1v) is 9.45. The van der Waals surface area contributed by atoms with Gasteiger partial charge in [0.25, 0.3) is 5.91 Å². The van der Waals surface area contributed by atoms with Gasteiger partial charge in [-0.3, -0.25) is 9.69 Å². The lowest BCUT2D eigenvalue weighted by Crippen LogP contribution is -2.48. The second-order valence-corrected chi connectivity index (χ2v) is 7.79. The maximum absolute atomic E-state index is 12.8. The molecule has 2 aliphatic heterocycles. The SMILES string of the molecule is Cc1ccc(N)cc1C(=O)N1CCC(CN2CC(C)OC(C)C2)CC1. The van der Waals surface area contributed by atoms with Crippen molar-refractivity contribution < 1.29 is 9.53 Å². The number of nitrogens with two attached hydrogens (primary N) is 1. The number of hydrogen-bond donors (Lipinski definition) is 1. The number of benzene rings is 1. The van der Waals surface area contributed by atoms with Crippen LogP contribution in [0.2, 0.25) is 0 Å². The third kappa shape index (κ3) is 4.53. The summed E-state index contributed by atoms with van der Waals surface area (Å²) in [6.45, 7) is 11.1. The summed E-state index contributed by atoms with van der Waals surface area (Å²) in [6.07, 6.45) is 2.79. The predicted octanol–water partition coefficient (Wildman–Crippen LogP) is 2.54. The van der Waals surface area contributed by atoms with Gasteiger partial charge in [0.15, 0.2) is 0 Å². The molecule has 2 unspecified atom stereocenters. The van der Waals surface area contributed by atoms with Gasteiger partial charge < -0.3 is 15.4 Å². The van der Waals surface area contributed by atoms with Crippen LogP contribution in [0.4, 0.5) is 5.69 Å². The number of piperidine rings is 1. The summed E-state index contributed by atoms with van der Waals surface area (Å²) in [5.74, 6) is 0.792. The van der Waals surface area contributed by atoms with E-state index in [1.165, 1.54) is 0 Å². The highest BCUT2D eigenvalue weighted by Crippen LogP contribution is 2.23. The minimum atomic E-state index is 0.122. The fourth-order valence-electron chi connectivity index (χ4n) is 4.16. The van der Waals surface area contributed by atoms with Gasteiger partial charge in [-0.15, -0.1) is 0 Å². The lowest BCUT2D eigenvalue weighted by molar-refractivity contribution is -0.0728. The van der Waals surface area contributed by atoms with E-state index in [9.17, 15) is 4.79 Å². The van der Waals surface area contributed by atoms with Crippen LogP contribution in [0.5, 0.6) is 0 Å². The number of hydrogen-bond acceptors (Lipinski definition) is 4. The van der Waals surface area contributed by atoms with Crippen molar-refractivity contribution in [1.82, 2.24) is 9.80 Å². The van der Waals surface area contributed by atoms with Crippen LogP contribution in [0.15, 0.2) is 18.2 Å². The van der Waals surface area contributed by atoms with Crippen LogP contribution in [-0.4, -0.2) is 60.6 Å². The van der Waals surface area contributed by atoms with E-state index >= 15 is 0 Å². The highest BCUT2D eigenvalue weighted by atomic mass is 16.5. The number of amides is 1. The van der Waals surface area contributed by atoms with Crippen LogP contribution in [0.3, 0.4) is 0 Å². The van der Waals surface area contributed by atoms with Gasteiger partial charge in [0.2, 0.25) is 0 Å². The Morgan fingerprint density at radius 3 is 2.48 bits per heavy atom. The van der Waals surface area contributed by atoms with Gasteiger partial charge in [-0.2, -0.15) is 0 Å². The molecule has 2 N–H and O–H groups in total. The predicted molar refractivity (Wildman–Crippen MR) is 101 cm³/mol. The van der Waals surface area contributed by atoms with E-state index in [1.807, 2.05) is 24.0 Å². The molecule has 0 saturated carbocycles. The first-order chi connectivity index (χ1) is 11.9. The van der Waals surface area contributed by atoms with Crippen molar-refractivity contribution in [2.75, 3.05) is 38.5 Å². The van der Waals surface area contributed by atoms with Crippen LogP contribution in [0, 0.1) is 12.8 Å². The van der Waals surface area contributed by atoms with Gasteiger partial charge in [0.05, 0.1) is 12.2 Å². The highest BCUT2D eigenvalue weighted by molar-refractivity contribution is 5.96. The second-order valence-electron chi connectivity index (χ2n) is 7.79. The van der Waals surface area contributed by atoms with Gasteiger partial charge in [0.1, 0.15) is 0 Å². The molecule has 5 heteroatoms. The third-order valence-electron chi connectivity index (χ3n) is 5.41. The van der Waals surface area contributed by atoms with Crippen LogP contribution < -0.4 is 5.73 Å². The molecule has 2 aliphatic rings. The number of carbonyl (C=O) groups is 1. The van der Waals surface area contributed by atoms with Crippen molar-refractivity contribution in [3.8, 4) is 0 Å². The Kier molecular flexibility index (Phi) is 5.64. The zero-order valence-electron chi connectivity index (χ0n) is 15.7. The maximum Gasteiger partial charge on any atom is 0.254 e. The van der Waals surface area contributed by atoms with Crippen LogP contribution in [0.25, 0.3) is 0 Å². The van der Waals surface area contributed by atoms with Crippen molar-refractivity contribution in [2.24, 2.45) is 5.92 Å². The Balaban J connectivity index is 1.53. The molecular weight excluding hydrogens is 314 g/mol. The van der Waals surface area contributed by atoms with E-state index in [4.69, 9.17) is 10.5 Å². The van der Waals surface area contributed by atoms with Gasteiger partial charge in [-0.05, 0) is 57.2 Å². The van der Waals surface area contributed by atoms with Crippen LogP contribution >= 0.6 is 0 Å². The Morgan fingerprint density at radius 1 is 1.20 bits per heavy atom. The molecule has 0 spiro atoms. The highest BCUT2D eigenvalue weighted by Gasteiger charge is 2.28. The number of rotatable bonds is 3. The fourth-order valence-corrected chi connectivity index (χ4v) is 4.16. The lowest BCUT2D eigenvalue weighted by Gasteiger charge is -2.39. The first-order valence-electron chi connectivity index (χ1n) is 9.45. The summed E-state index contributed by atoms with van der Waals surface area (Å²) in [6, 6.07) is 5.58. The standard InChI is InChI=1S/C20H31N3O2/c1-14-4-5-18(21)10-19(14)20(24)23-8-6-17(7-9-23)13-22-11-15(2)25-16(3)12-22/h4-5,10,15-17H,6-9,11-13,21H2,1-3H3. The Labute approximate surface area is 151 Å². The molecule has 138 valence electrons. The minimum Gasteiger partial charge on any atom is -0.399 e. The molecule has 0 aromatic heterocycles. The second kappa shape index (κ2) is 7.75. The summed E-state index contributed by atoms with van der Waals surface area (Å²) < 4.78 is 5.82. The van der Waals surface area contributed by atoms with Crippen molar-refractivity contribution >= 4 is 11.6 Å². The quantitative estimate of drug-likeness (QED) is 0.855. The van der Waals surface area contributed by atoms with Gasteiger partial charge in [0, 0.05) is 44.0 Å².